The summed E-state index contributed by atoms with van der Waals surface area (Å²) in [4.78, 5) is 50.4. The summed E-state index contributed by atoms with van der Waals surface area (Å²) in [5.74, 6) is 0.0575. The Morgan fingerprint density at radius 1 is 1.05 bits per heavy atom. The van der Waals surface area contributed by atoms with Crippen LogP contribution in [0.25, 0.3) is 0 Å². The zero-order chi connectivity index (χ0) is 26.5. The highest BCUT2D eigenvalue weighted by Gasteiger charge is 2.41. The van der Waals surface area contributed by atoms with Crippen molar-refractivity contribution in [2.45, 2.75) is 38.8 Å². The Labute approximate surface area is 229 Å². The number of anilines is 1. The highest BCUT2D eigenvalue weighted by molar-refractivity contribution is 8.14. The summed E-state index contributed by atoms with van der Waals surface area (Å²) in [5.41, 5.74) is 3.38. The molecule has 0 bridgehead atoms. The van der Waals surface area contributed by atoms with E-state index < -0.39 is 6.04 Å². The van der Waals surface area contributed by atoms with Gasteiger partial charge in [0.25, 0.3) is 5.91 Å². The summed E-state index contributed by atoms with van der Waals surface area (Å²) in [6, 6.07) is 18.4. The van der Waals surface area contributed by atoms with Crippen LogP contribution in [0.1, 0.15) is 35.8 Å². The van der Waals surface area contributed by atoms with Gasteiger partial charge in [-0.15, -0.1) is 11.3 Å². The first-order valence-electron chi connectivity index (χ1n) is 12.4. The van der Waals surface area contributed by atoms with Crippen molar-refractivity contribution in [3.63, 3.8) is 0 Å². The predicted molar refractivity (Wildman–Crippen MR) is 153 cm³/mol. The molecule has 2 aromatic carbocycles. The van der Waals surface area contributed by atoms with Crippen LogP contribution >= 0.6 is 23.1 Å². The fraction of sp³-hybridized carbons (Fsp3) is 0.250. The van der Waals surface area contributed by atoms with E-state index in [4.69, 9.17) is 4.99 Å². The molecular formula is C28H27N5O3S2. The molecule has 0 unspecified atom stereocenters. The third-order valence-corrected chi connectivity index (χ3v) is 8.03. The maximum Gasteiger partial charge on any atom is 0.259 e. The third kappa shape index (κ3) is 5.87. The largest absolute Gasteiger partial charge is 0.351 e. The van der Waals surface area contributed by atoms with E-state index >= 15 is 0 Å². The number of carbonyl (C=O) groups excluding carboxylic acids is 3. The van der Waals surface area contributed by atoms with Crippen molar-refractivity contribution in [2.24, 2.45) is 9.98 Å². The van der Waals surface area contributed by atoms with Crippen LogP contribution in [-0.2, 0) is 27.3 Å². The first kappa shape index (κ1) is 25.9. The van der Waals surface area contributed by atoms with E-state index in [9.17, 15) is 14.4 Å². The molecule has 0 saturated heterocycles. The Bertz CT molecular complexity index is 1400. The molecule has 0 spiro atoms. The van der Waals surface area contributed by atoms with Crippen LogP contribution < -0.4 is 10.6 Å². The molecule has 2 aliphatic rings. The second kappa shape index (κ2) is 11.7. The number of benzene rings is 2. The van der Waals surface area contributed by atoms with E-state index in [1.165, 1.54) is 22.2 Å². The van der Waals surface area contributed by atoms with Gasteiger partial charge in [-0.05, 0) is 54.1 Å². The van der Waals surface area contributed by atoms with Gasteiger partial charge in [-0.2, -0.15) is 0 Å². The SMILES string of the molecule is CCc1ccc(NC(=O)CSC2=Nc3ccccc3C3=N[C@H](CCC(=O)NCc4cccs4)C(=O)N23)cc1. The molecule has 3 aromatic rings. The molecule has 8 nitrogen and oxygen atoms in total. The van der Waals surface area contributed by atoms with E-state index in [1.807, 2.05) is 66.0 Å². The second-order valence-corrected chi connectivity index (χ2v) is 10.8. The Morgan fingerprint density at radius 2 is 1.87 bits per heavy atom. The Hall–Kier alpha value is -3.76. The van der Waals surface area contributed by atoms with Crippen molar-refractivity contribution < 1.29 is 14.4 Å². The first-order chi connectivity index (χ1) is 18.5. The number of aryl methyl sites for hydroxylation is 1. The van der Waals surface area contributed by atoms with Crippen LogP contribution in [-0.4, -0.2) is 45.4 Å². The minimum absolute atomic E-state index is 0.0867. The van der Waals surface area contributed by atoms with E-state index in [0.717, 1.165) is 22.5 Å². The number of thiophene rings is 1. The van der Waals surface area contributed by atoms with Crippen LogP contribution in [0.2, 0.25) is 0 Å². The average Bonchev–Trinajstić information content (AvgIpc) is 3.58. The highest BCUT2D eigenvalue weighted by Crippen LogP contribution is 2.34. The molecule has 0 fully saturated rings. The number of para-hydroxylation sites is 1. The number of nitrogens with zero attached hydrogens (tertiary/aromatic N) is 3. The molecule has 0 aliphatic carbocycles. The van der Waals surface area contributed by atoms with Crippen LogP contribution in [0.4, 0.5) is 11.4 Å². The molecule has 5 rings (SSSR count). The van der Waals surface area contributed by atoms with Crippen molar-refractivity contribution in [2.75, 3.05) is 11.1 Å². The maximum atomic E-state index is 13.4. The van der Waals surface area contributed by atoms with Gasteiger partial charge < -0.3 is 10.6 Å². The number of carbonyl (C=O) groups is 3. The van der Waals surface area contributed by atoms with Crippen molar-refractivity contribution in [3.8, 4) is 0 Å². The van der Waals surface area contributed by atoms with Gasteiger partial charge in [0.15, 0.2) is 5.17 Å². The van der Waals surface area contributed by atoms with Crippen LogP contribution in [0, 0.1) is 0 Å². The zero-order valence-electron chi connectivity index (χ0n) is 20.8. The van der Waals surface area contributed by atoms with Gasteiger partial charge in [-0.25, -0.2) is 9.89 Å². The van der Waals surface area contributed by atoms with E-state index in [2.05, 4.69) is 22.5 Å². The van der Waals surface area contributed by atoms with Crippen LogP contribution in [0.15, 0.2) is 76.0 Å². The van der Waals surface area contributed by atoms with E-state index in [0.29, 0.717) is 29.7 Å². The predicted octanol–water partition coefficient (Wildman–Crippen LogP) is 4.74. The summed E-state index contributed by atoms with van der Waals surface area (Å²) in [7, 11) is 0. The van der Waals surface area contributed by atoms with E-state index in [-0.39, 0.29) is 29.9 Å². The lowest BCUT2D eigenvalue weighted by Gasteiger charge is -2.25. The number of amides is 3. The Kier molecular flexibility index (Phi) is 8.00. The van der Waals surface area contributed by atoms with Gasteiger partial charge in [0.1, 0.15) is 11.9 Å². The maximum absolute atomic E-state index is 13.4. The highest BCUT2D eigenvalue weighted by atomic mass is 32.2. The summed E-state index contributed by atoms with van der Waals surface area (Å²) >= 11 is 2.78. The molecule has 2 aliphatic heterocycles. The molecule has 10 heteroatoms. The molecule has 38 heavy (non-hydrogen) atoms. The molecule has 0 radical (unpaired) electrons. The van der Waals surface area contributed by atoms with Gasteiger partial charge in [0.2, 0.25) is 11.8 Å². The zero-order valence-corrected chi connectivity index (χ0v) is 22.5. The molecular weight excluding hydrogens is 518 g/mol. The lowest BCUT2D eigenvalue weighted by atomic mass is 10.1. The van der Waals surface area contributed by atoms with Gasteiger partial charge in [0.05, 0.1) is 18.0 Å². The second-order valence-electron chi connectivity index (χ2n) is 8.84. The lowest BCUT2D eigenvalue weighted by molar-refractivity contribution is -0.125. The summed E-state index contributed by atoms with van der Waals surface area (Å²) in [6.07, 6.45) is 1.41. The van der Waals surface area contributed by atoms with Crippen molar-refractivity contribution >= 4 is 63.2 Å². The minimum atomic E-state index is -0.680. The average molecular weight is 546 g/mol. The lowest BCUT2D eigenvalue weighted by Crippen LogP contribution is -2.41. The standard InChI is InChI=1S/C28H27N5O3S2/c1-2-18-9-11-19(12-10-18)30-25(35)17-38-28-32-22-8-4-3-7-21(22)26-31-23(27(36)33(26)28)13-14-24(34)29-16-20-6-5-15-37-20/h3-12,15,23H,2,13-14,16-17H2,1H3,(H,29,34)(H,30,35)/t23-/m1/s1. The van der Waals surface area contributed by atoms with Crippen molar-refractivity contribution in [3.05, 3.63) is 82.0 Å². The third-order valence-electron chi connectivity index (χ3n) is 6.21. The fourth-order valence-electron chi connectivity index (χ4n) is 4.19. The number of amidine groups is 2. The molecule has 0 saturated carbocycles. The van der Waals surface area contributed by atoms with Gasteiger partial charge in [-0.3, -0.25) is 19.4 Å². The smallest absolute Gasteiger partial charge is 0.259 e. The van der Waals surface area contributed by atoms with Gasteiger partial charge in [-0.1, -0.05) is 49.0 Å². The molecule has 1 atom stereocenters. The van der Waals surface area contributed by atoms with Gasteiger partial charge in [0, 0.05) is 22.5 Å². The Balaban J connectivity index is 1.24. The Morgan fingerprint density at radius 3 is 2.63 bits per heavy atom. The number of fused-ring (bicyclic) bond motifs is 3. The summed E-state index contributed by atoms with van der Waals surface area (Å²) < 4.78 is 0. The molecule has 2 N–H and O–H groups in total. The minimum Gasteiger partial charge on any atom is -0.351 e. The number of rotatable bonds is 9. The summed E-state index contributed by atoms with van der Waals surface area (Å²) in [6.45, 7) is 2.55. The quantitative estimate of drug-likeness (QED) is 0.405. The normalized spacial score (nSPS) is 15.9. The van der Waals surface area contributed by atoms with Crippen molar-refractivity contribution in [1.82, 2.24) is 10.2 Å². The first-order valence-corrected chi connectivity index (χ1v) is 14.3. The topological polar surface area (TPSA) is 103 Å². The molecule has 194 valence electrons. The number of hydrogen-bond acceptors (Lipinski definition) is 7. The molecule has 3 amide bonds. The molecule has 1 aromatic heterocycles. The van der Waals surface area contributed by atoms with Crippen LogP contribution in [0.5, 0.6) is 0 Å². The van der Waals surface area contributed by atoms with Gasteiger partial charge >= 0.3 is 0 Å². The fourth-order valence-corrected chi connectivity index (χ4v) is 5.64. The number of hydrogen-bond donors (Lipinski definition) is 2. The monoisotopic (exact) mass is 545 g/mol. The molecule has 3 heterocycles. The summed E-state index contributed by atoms with van der Waals surface area (Å²) in [5, 5.41) is 8.17. The van der Waals surface area contributed by atoms with Crippen LogP contribution in [0.3, 0.4) is 0 Å². The number of nitrogens with one attached hydrogen (secondary N) is 2. The number of aliphatic imine (C=N–C) groups is 2. The van der Waals surface area contributed by atoms with Crippen molar-refractivity contribution in [1.29, 1.82) is 0 Å². The number of thioether (sulfide) groups is 1. The van der Waals surface area contributed by atoms with E-state index in [1.54, 1.807) is 11.3 Å².